The van der Waals surface area contributed by atoms with Gasteiger partial charge in [0.1, 0.15) is 16.6 Å². The van der Waals surface area contributed by atoms with Gasteiger partial charge in [0.2, 0.25) is 5.91 Å². The van der Waals surface area contributed by atoms with E-state index in [1.54, 1.807) is 0 Å². The number of nitrogen functional groups attached to an aromatic ring is 1. The number of nitrogens with one attached hydrogen (secondary N) is 2. The first-order chi connectivity index (χ1) is 8.54. The van der Waals surface area contributed by atoms with Gasteiger partial charge < -0.3 is 16.4 Å². The van der Waals surface area contributed by atoms with E-state index in [-0.39, 0.29) is 11.7 Å². The van der Waals surface area contributed by atoms with Crippen LogP contribution in [0.3, 0.4) is 0 Å². The molecule has 0 bridgehead atoms. The predicted octanol–water partition coefficient (Wildman–Crippen LogP) is 1.17. The normalized spacial score (nSPS) is 10.1. The van der Waals surface area contributed by atoms with E-state index < -0.39 is 0 Å². The van der Waals surface area contributed by atoms with Crippen molar-refractivity contribution in [2.45, 2.75) is 20.3 Å². The highest BCUT2D eigenvalue weighted by atomic mass is 32.1. The summed E-state index contributed by atoms with van der Waals surface area (Å²) >= 11 is 1.13. The molecule has 18 heavy (non-hydrogen) atoms. The number of nitrogens with zero attached hydrogens (tertiary/aromatic N) is 2. The molecular weight excluding hydrogens is 250 g/mol. The molecule has 0 spiro atoms. The molecule has 0 atom stereocenters. The number of hydrogen-bond acceptors (Lipinski definition) is 6. The minimum atomic E-state index is -0.00723. The van der Waals surface area contributed by atoms with E-state index in [1.807, 2.05) is 19.9 Å². The van der Waals surface area contributed by atoms with Crippen molar-refractivity contribution in [2.75, 3.05) is 24.1 Å². The fourth-order valence-electron chi connectivity index (χ4n) is 1.23. The van der Waals surface area contributed by atoms with Crippen LogP contribution >= 0.6 is 11.5 Å². The van der Waals surface area contributed by atoms with Gasteiger partial charge in [-0.3, -0.25) is 4.79 Å². The molecule has 1 amide bonds. The molecule has 4 N–H and O–H groups in total. The number of nitrogens with two attached hydrogens (primary N) is 1. The number of carbonyl (C=O) groups is 1. The first kappa shape index (κ1) is 14.3. The van der Waals surface area contributed by atoms with Crippen LogP contribution < -0.4 is 16.4 Å². The highest BCUT2D eigenvalue weighted by Crippen LogP contribution is 2.25. The van der Waals surface area contributed by atoms with Crippen molar-refractivity contribution >= 4 is 28.3 Å². The summed E-state index contributed by atoms with van der Waals surface area (Å²) in [6.45, 7) is 5.21. The largest absolute Gasteiger partial charge is 0.382 e. The van der Waals surface area contributed by atoms with Gasteiger partial charge in [0.25, 0.3) is 0 Å². The van der Waals surface area contributed by atoms with E-state index in [1.165, 1.54) is 0 Å². The molecule has 0 radical (unpaired) electrons. The van der Waals surface area contributed by atoms with Gasteiger partial charge in [-0.1, -0.05) is 13.8 Å². The van der Waals surface area contributed by atoms with Crippen molar-refractivity contribution in [1.29, 1.82) is 5.26 Å². The van der Waals surface area contributed by atoms with Gasteiger partial charge in [0.05, 0.1) is 0 Å². The number of carbonyl (C=O) groups excluding carboxylic acids is 1. The van der Waals surface area contributed by atoms with E-state index >= 15 is 0 Å². The Kier molecular flexibility index (Phi) is 5.39. The first-order valence-electron chi connectivity index (χ1n) is 5.70. The van der Waals surface area contributed by atoms with Crippen LogP contribution in [0, 0.1) is 17.2 Å². The summed E-state index contributed by atoms with van der Waals surface area (Å²) in [5.41, 5.74) is 5.87. The second-order valence-corrected chi connectivity index (χ2v) is 5.03. The Morgan fingerprint density at radius 3 is 2.94 bits per heavy atom. The number of nitriles is 1. The Hall–Kier alpha value is -1.81. The minimum absolute atomic E-state index is 0.00723. The number of rotatable bonds is 6. The zero-order chi connectivity index (χ0) is 13.5. The lowest BCUT2D eigenvalue weighted by molar-refractivity contribution is -0.120. The summed E-state index contributed by atoms with van der Waals surface area (Å²) in [4.78, 5) is 11.4. The molecule has 7 heteroatoms. The lowest BCUT2D eigenvalue weighted by Crippen LogP contribution is -2.28. The van der Waals surface area contributed by atoms with Gasteiger partial charge >= 0.3 is 0 Å². The van der Waals surface area contributed by atoms with Crippen molar-refractivity contribution in [3.05, 3.63) is 5.56 Å². The topological polar surface area (TPSA) is 104 Å². The third kappa shape index (κ3) is 4.22. The van der Waals surface area contributed by atoms with Crippen molar-refractivity contribution in [1.82, 2.24) is 9.69 Å². The van der Waals surface area contributed by atoms with Crippen LogP contribution in [0.2, 0.25) is 0 Å². The summed E-state index contributed by atoms with van der Waals surface area (Å²) in [7, 11) is 0. The van der Waals surface area contributed by atoms with Gasteiger partial charge in [-0.05, 0) is 17.5 Å². The van der Waals surface area contributed by atoms with Crippen LogP contribution in [0.1, 0.15) is 25.8 Å². The second-order valence-electron chi connectivity index (χ2n) is 4.26. The number of anilines is 2. The van der Waals surface area contributed by atoms with E-state index in [0.29, 0.717) is 36.0 Å². The van der Waals surface area contributed by atoms with Gasteiger partial charge in [0.15, 0.2) is 5.82 Å². The van der Waals surface area contributed by atoms with Crippen molar-refractivity contribution in [3.63, 3.8) is 0 Å². The molecule has 0 fully saturated rings. The Balaban J connectivity index is 2.34. The van der Waals surface area contributed by atoms with Crippen LogP contribution in [-0.2, 0) is 4.79 Å². The van der Waals surface area contributed by atoms with Crippen LogP contribution in [-0.4, -0.2) is 23.4 Å². The fourth-order valence-corrected chi connectivity index (χ4v) is 1.92. The summed E-state index contributed by atoms with van der Waals surface area (Å²) < 4.78 is 3.88. The Morgan fingerprint density at radius 1 is 1.61 bits per heavy atom. The molecule has 0 aromatic carbocycles. The summed E-state index contributed by atoms with van der Waals surface area (Å²) in [5.74, 6) is 0.662. The van der Waals surface area contributed by atoms with Gasteiger partial charge in [-0.15, -0.1) is 0 Å². The zero-order valence-electron chi connectivity index (χ0n) is 10.5. The van der Waals surface area contributed by atoms with Gasteiger partial charge in [0, 0.05) is 19.5 Å². The lowest BCUT2D eigenvalue weighted by Gasteiger charge is -2.08. The molecule has 6 nitrogen and oxygen atoms in total. The van der Waals surface area contributed by atoms with Gasteiger partial charge in [-0.2, -0.15) is 9.64 Å². The maximum absolute atomic E-state index is 11.4. The van der Waals surface area contributed by atoms with Crippen LogP contribution in [0.15, 0.2) is 0 Å². The average Bonchev–Trinajstić information content (AvgIpc) is 2.67. The predicted molar refractivity (Wildman–Crippen MR) is 72.2 cm³/mol. The molecule has 1 heterocycles. The highest BCUT2D eigenvalue weighted by molar-refractivity contribution is 7.10. The number of hydrogen-bond donors (Lipinski definition) is 3. The molecule has 98 valence electrons. The molecule has 1 aromatic heterocycles. The second kappa shape index (κ2) is 6.81. The smallest absolute Gasteiger partial charge is 0.221 e. The van der Waals surface area contributed by atoms with Crippen LogP contribution in [0.4, 0.5) is 10.8 Å². The van der Waals surface area contributed by atoms with Crippen LogP contribution in [0.5, 0.6) is 0 Å². The molecule has 0 aliphatic heterocycles. The van der Waals surface area contributed by atoms with Gasteiger partial charge in [-0.25, -0.2) is 0 Å². The summed E-state index contributed by atoms with van der Waals surface area (Å²) in [6, 6.07) is 1.98. The van der Waals surface area contributed by atoms with E-state index in [4.69, 9.17) is 11.0 Å². The minimum Gasteiger partial charge on any atom is -0.382 e. The van der Waals surface area contributed by atoms with E-state index in [0.717, 1.165) is 11.5 Å². The summed E-state index contributed by atoms with van der Waals surface area (Å²) in [6.07, 6.45) is 0.357. The maximum Gasteiger partial charge on any atom is 0.221 e. The molecule has 0 saturated heterocycles. The Morgan fingerprint density at radius 2 is 2.33 bits per heavy atom. The van der Waals surface area contributed by atoms with Crippen molar-refractivity contribution in [2.24, 2.45) is 5.92 Å². The van der Waals surface area contributed by atoms with E-state index in [9.17, 15) is 4.79 Å². The SMILES string of the molecule is CC(C)CNC(=O)CCNc1snc(N)c1C#N. The molecular formula is C11H17N5OS. The molecule has 0 aliphatic carbocycles. The molecule has 1 rings (SSSR count). The fraction of sp³-hybridized carbons (Fsp3) is 0.545. The number of aromatic nitrogens is 1. The molecule has 0 unspecified atom stereocenters. The van der Waals surface area contributed by atoms with Crippen molar-refractivity contribution in [3.8, 4) is 6.07 Å². The molecule has 0 aliphatic rings. The monoisotopic (exact) mass is 267 g/mol. The van der Waals surface area contributed by atoms with Crippen molar-refractivity contribution < 1.29 is 4.79 Å². The Labute approximate surface area is 110 Å². The average molecular weight is 267 g/mol. The quantitative estimate of drug-likeness (QED) is 0.717. The highest BCUT2D eigenvalue weighted by Gasteiger charge is 2.10. The standard InChI is InChI=1S/C11H17N5OS/c1-7(2)6-15-9(17)3-4-14-11-8(5-12)10(13)16-18-11/h7,14H,3-4,6H2,1-2H3,(H2,13,16)(H,15,17). The zero-order valence-corrected chi connectivity index (χ0v) is 11.3. The molecule has 0 saturated carbocycles. The first-order valence-corrected chi connectivity index (χ1v) is 6.47. The molecule has 1 aromatic rings. The maximum atomic E-state index is 11.4. The summed E-state index contributed by atoms with van der Waals surface area (Å²) in [5, 5.41) is 15.3. The Bertz CT molecular complexity index is 449. The third-order valence-electron chi connectivity index (χ3n) is 2.18. The lowest BCUT2D eigenvalue weighted by atomic mass is 10.2. The van der Waals surface area contributed by atoms with E-state index in [2.05, 4.69) is 15.0 Å². The van der Waals surface area contributed by atoms with Crippen LogP contribution in [0.25, 0.3) is 0 Å². The third-order valence-corrected chi connectivity index (χ3v) is 2.99. The number of amides is 1.